The lowest BCUT2D eigenvalue weighted by atomic mass is 10.1. The topological polar surface area (TPSA) is 76.5 Å². The summed E-state index contributed by atoms with van der Waals surface area (Å²) in [5, 5.41) is 0.683. The molecule has 0 radical (unpaired) electrons. The summed E-state index contributed by atoms with van der Waals surface area (Å²) in [6.07, 6.45) is 1.98. The normalized spacial score (nSPS) is 10.9. The summed E-state index contributed by atoms with van der Waals surface area (Å²) in [7, 11) is -3.96. The van der Waals surface area contributed by atoms with Crippen molar-refractivity contribution in [1.82, 2.24) is 4.98 Å². The molecule has 1 aromatic heterocycles. The number of ether oxygens (including phenoxy) is 1. The molecule has 30 heavy (non-hydrogen) atoms. The first-order chi connectivity index (χ1) is 14.3. The van der Waals surface area contributed by atoms with E-state index in [0.29, 0.717) is 16.5 Å². The van der Waals surface area contributed by atoms with Gasteiger partial charge in [-0.1, -0.05) is 29.7 Å². The Balaban J connectivity index is 1.63. The fraction of sp³-hybridized carbons (Fsp3) is 0.136. The van der Waals surface area contributed by atoms with Crippen LogP contribution in [0.15, 0.2) is 65.3 Å². The maximum absolute atomic E-state index is 10.7. The standard InChI is InChI=1S/C22H17BrClNO4S/c23-21-14-18(17-5-7-19(24)8-6-17)15-25-22(21)11-4-16-2-9-20(10-3-16)29-12-1-13-30(26,27)28/h2-3,5-10,14-15H,1,12-13H2,(H,26,27,28). The summed E-state index contributed by atoms with van der Waals surface area (Å²) >= 11 is 9.45. The minimum Gasteiger partial charge on any atom is -0.494 e. The SMILES string of the molecule is O=S(=O)(O)CCCOc1ccc(C#Cc2ncc(-c3ccc(Cl)cc3)cc2Br)cc1. The Morgan fingerprint density at radius 1 is 1.03 bits per heavy atom. The van der Waals surface area contributed by atoms with Gasteiger partial charge in [-0.2, -0.15) is 8.42 Å². The first-order valence-electron chi connectivity index (χ1n) is 8.92. The van der Waals surface area contributed by atoms with E-state index in [0.717, 1.165) is 21.2 Å². The Bertz CT molecular complexity index is 1180. The van der Waals surface area contributed by atoms with Gasteiger partial charge in [0.15, 0.2) is 0 Å². The second kappa shape index (κ2) is 10.1. The molecule has 0 atom stereocenters. The van der Waals surface area contributed by atoms with Crippen molar-refractivity contribution in [3.05, 3.63) is 81.5 Å². The van der Waals surface area contributed by atoms with Crippen molar-refractivity contribution >= 4 is 37.6 Å². The molecule has 8 heteroatoms. The van der Waals surface area contributed by atoms with Gasteiger partial charge in [0.2, 0.25) is 0 Å². The fourth-order valence-electron chi connectivity index (χ4n) is 2.53. The number of rotatable bonds is 6. The molecular formula is C22H17BrClNO4S. The van der Waals surface area contributed by atoms with Gasteiger partial charge in [0.25, 0.3) is 10.1 Å². The van der Waals surface area contributed by atoms with E-state index in [1.165, 1.54) is 0 Å². The van der Waals surface area contributed by atoms with Crippen LogP contribution in [0.2, 0.25) is 5.02 Å². The van der Waals surface area contributed by atoms with Gasteiger partial charge in [-0.15, -0.1) is 0 Å². The lowest BCUT2D eigenvalue weighted by molar-refractivity contribution is 0.316. The van der Waals surface area contributed by atoms with E-state index in [2.05, 4.69) is 32.8 Å². The third-order valence-electron chi connectivity index (χ3n) is 4.01. The summed E-state index contributed by atoms with van der Waals surface area (Å²) in [6, 6.07) is 16.6. The van der Waals surface area contributed by atoms with Crippen LogP contribution in [0.5, 0.6) is 5.75 Å². The van der Waals surface area contributed by atoms with E-state index in [1.807, 2.05) is 30.3 Å². The van der Waals surface area contributed by atoms with E-state index in [-0.39, 0.29) is 18.8 Å². The third-order valence-corrected chi connectivity index (χ3v) is 5.67. The molecule has 0 aliphatic rings. The fourth-order valence-corrected chi connectivity index (χ4v) is 3.58. The van der Waals surface area contributed by atoms with Gasteiger partial charge >= 0.3 is 0 Å². The molecule has 0 saturated carbocycles. The number of benzene rings is 2. The minimum atomic E-state index is -3.96. The Morgan fingerprint density at radius 3 is 2.37 bits per heavy atom. The molecule has 0 unspecified atom stereocenters. The lowest BCUT2D eigenvalue weighted by Crippen LogP contribution is -2.08. The molecule has 0 fully saturated rings. The molecule has 3 aromatic rings. The van der Waals surface area contributed by atoms with E-state index in [1.54, 1.807) is 30.5 Å². The van der Waals surface area contributed by atoms with Gasteiger partial charge in [0, 0.05) is 22.3 Å². The average molecular weight is 507 g/mol. The summed E-state index contributed by atoms with van der Waals surface area (Å²) in [5.74, 6) is 6.37. The molecule has 0 spiro atoms. The summed E-state index contributed by atoms with van der Waals surface area (Å²) in [6.45, 7) is 0.196. The Labute approximate surface area is 189 Å². The highest BCUT2D eigenvalue weighted by Gasteiger charge is 2.05. The van der Waals surface area contributed by atoms with Crippen LogP contribution in [0.4, 0.5) is 0 Å². The van der Waals surface area contributed by atoms with Gasteiger partial charge in [-0.3, -0.25) is 4.55 Å². The van der Waals surface area contributed by atoms with E-state index in [4.69, 9.17) is 20.9 Å². The molecule has 3 rings (SSSR count). The second-order valence-corrected chi connectivity index (χ2v) is 9.19. The second-order valence-electron chi connectivity index (χ2n) is 6.32. The van der Waals surface area contributed by atoms with Crippen LogP contribution in [-0.2, 0) is 10.1 Å². The molecule has 2 aromatic carbocycles. The Hall–Kier alpha value is -2.37. The Kier molecular flexibility index (Phi) is 7.51. The van der Waals surface area contributed by atoms with Crippen LogP contribution >= 0.6 is 27.5 Å². The van der Waals surface area contributed by atoms with Crippen molar-refractivity contribution < 1.29 is 17.7 Å². The van der Waals surface area contributed by atoms with E-state index < -0.39 is 10.1 Å². The first-order valence-corrected chi connectivity index (χ1v) is 11.7. The molecule has 0 aliphatic carbocycles. The van der Waals surface area contributed by atoms with Crippen LogP contribution in [0, 0.1) is 11.8 Å². The maximum Gasteiger partial charge on any atom is 0.264 e. The molecule has 5 nitrogen and oxygen atoms in total. The largest absolute Gasteiger partial charge is 0.494 e. The summed E-state index contributed by atoms with van der Waals surface area (Å²) < 4.78 is 36.3. The van der Waals surface area contributed by atoms with Crippen molar-refractivity contribution in [2.45, 2.75) is 6.42 Å². The number of aromatic nitrogens is 1. The molecule has 0 aliphatic heterocycles. The minimum absolute atomic E-state index is 0.196. The zero-order valence-electron chi connectivity index (χ0n) is 15.7. The lowest BCUT2D eigenvalue weighted by Gasteiger charge is -2.05. The molecule has 0 amide bonds. The number of hydrogen-bond acceptors (Lipinski definition) is 4. The van der Waals surface area contributed by atoms with Crippen molar-refractivity contribution in [3.8, 4) is 28.7 Å². The highest BCUT2D eigenvalue weighted by molar-refractivity contribution is 9.10. The van der Waals surface area contributed by atoms with Crippen LogP contribution in [0.25, 0.3) is 11.1 Å². The summed E-state index contributed by atoms with van der Waals surface area (Å²) in [4.78, 5) is 4.43. The summed E-state index contributed by atoms with van der Waals surface area (Å²) in [5.41, 5.74) is 3.38. The van der Waals surface area contributed by atoms with Gasteiger partial charge in [-0.05, 0) is 76.3 Å². The van der Waals surface area contributed by atoms with Crippen LogP contribution in [0.1, 0.15) is 17.7 Å². The molecule has 154 valence electrons. The maximum atomic E-state index is 10.7. The molecule has 1 N–H and O–H groups in total. The average Bonchev–Trinajstić information content (AvgIpc) is 2.71. The Morgan fingerprint density at radius 2 is 1.73 bits per heavy atom. The van der Waals surface area contributed by atoms with Crippen molar-refractivity contribution in [2.75, 3.05) is 12.4 Å². The van der Waals surface area contributed by atoms with Crippen LogP contribution in [0.3, 0.4) is 0 Å². The predicted octanol–water partition coefficient (Wildman–Crippen LogP) is 5.22. The number of hydrogen-bond donors (Lipinski definition) is 1. The van der Waals surface area contributed by atoms with Crippen LogP contribution in [-0.4, -0.2) is 30.3 Å². The molecule has 0 saturated heterocycles. The quantitative estimate of drug-likeness (QED) is 0.282. The van der Waals surface area contributed by atoms with Crippen molar-refractivity contribution in [3.63, 3.8) is 0 Å². The van der Waals surface area contributed by atoms with Crippen molar-refractivity contribution in [2.24, 2.45) is 0 Å². The van der Waals surface area contributed by atoms with Gasteiger partial charge in [-0.25, -0.2) is 4.98 Å². The predicted molar refractivity (Wildman–Crippen MR) is 121 cm³/mol. The smallest absolute Gasteiger partial charge is 0.264 e. The van der Waals surface area contributed by atoms with E-state index in [9.17, 15) is 8.42 Å². The van der Waals surface area contributed by atoms with Crippen molar-refractivity contribution in [1.29, 1.82) is 0 Å². The zero-order chi connectivity index (χ0) is 21.6. The third kappa shape index (κ3) is 6.85. The van der Waals surface area contributed by atoms with Gasteiger partial charge in [0.05, 0.1) is 16.8 Å². The number of nitrogens with zero attached hydrogens (tertiary/aromatic N) is 1. The molecule has 1 heterocycles. The highest BCUT2D eigenvalue weighted by atomic mass is 79.9. The zero-order valence-corrected chi connectivity index (χ0v) is 18.8. The number of halogens is 2. The first kappa shape index (κ1) is 22.3. The van der Waals surface area contributed by atoms with Crippen LogP contribution < -0.4 is 4.74 Å². The highest BCUT2D eigenvalue weighted by Crippen LogP contribution is 2.25. The molecule has 0 bridgehead atoms. The number of pyridine rings is 1. The van der Waals surface area contributed by atoms with Gasteiger partial charge < -0.3 is 4.74 Å². The van der Waals surface area contributed by atoms with E-state index >= 15 is 0 Å². The monoisotopic (exact) mass is 505 g/mol. The van der Waals surface area contributed by atoms with Gasteiger partial charge in [0.1, 0.15) is 11.4 Å². The molecular weight excluding hydrogens is 490 g/mol.